The summed E-state index contributed by atoms with van der Waals surface area (Å²) in [7, 11) is 0. The van der Waals surface area contributed by atoms with Gasteiger partial charge >= 0.3 is 12.2 Å². The van der Waals surface area contributed by atoms with Crippen LogP contribution in [0.2, 0.25) is 5.02 Å². The van der Waals surface area contributed by atoms with Crippen LogP contribution in [0.3, 0.4) is 0 Å². The first kappa shape index (κ1) is 40.8. The third-order valence-corrected chi connectivity index (χ3v) is 7.35. The van der Waals surface area contributed by atoms with Crippen LogP contribution in [0.5, 0.6) is 0 Å². The van der Waals surface area contributed by atoms with Gasteiger partial charge in [0.25, 0.3) is 11.9 Å². The van der Waals surface area contributed by atoms with Gasteiger partial charge in [-0.05, 0) is 88.7 Å². The minimum Gasteiger partial charge on any atom is -0.444 e. The number of ether oxygens (including phenoxy) is 2. The maximum Gasteiger partial charge on any atom is 0.414 e. The molecule has 2 amide bonds. The zero-order chi connectivity index (χ0) is 38.1. The number of benzene rings is 3. The Morgan fingerprint density at radius 1 is 0.863 bits per heavy atom. The minimum absolute atomic E-state index is 0.00458. The summed E-state index contributed by atoms with van der Waals surface area (Å²) in [6, 6.07) is 10.3. The maximum atomic E-state index is 15.5. The van der Waals surface area contributed by atoms with Crippen molar-refractivity contribution in [2.45, 2.75) is 84.9 Å². The number of hydrogen-bond acceptors (Lipinski definition) is 8. The second-order valence-electron chi connectivity index (χ2n) is 13.9. The SMILES string of the molecule is C[C@H](CCON=C(NC(=O)OC(C)(C)C)NC(=O)OC(C)(C)C)CC(=O)Cc1c(Cl)ccc(NCC(F)(F)c2ccc(F)c3ccccc23)c1F. The lowest BCUT2D eigenvalue weighted by Crippen LogP contribution is -2.47. The molecule has 0 radical (unpaired) electrons. The summed E-state index contributed by atoms with van der Waals surface area (Å²) in [6.45, 7) is 10.6. The number of anilines is 1. The largest absolute Gasteiger partial charge is 0.444 e. The fourth-order valence-electron chi connectivity index (χ4n) is 4.78. The van der Waals surface area contributed by atoms with E-state index in [-0.39, 0.29) is 57.7 Å². The lowest BCUT2D eigenvalue weighted by molar-refractivity contribution is -0.119. The van der Waals surface area contributed by atoms with Gasteiger partial charge in [0.2, 0.25) is 0 Å². The van der Waals surface area contributed by atoms with Gasteiger partial charge in [0.05, 0.1) is 12.2 Å². The molecule has 0 aliphatic heterocycles. The van der Waals surface area contributed by atoms with Crippen LogP contribution < -0.4 is 16.0 Å². The lowest BCUT2D eigenvalue weighted by atomic mass is 9.97. The molecule has 0 saturated heterocycles. The highest BCUT2D eigenvalue weighted by Crippen LogP contribution is 2.36. The van der Waals surface area contributed by atoms with Gasteiger partial charge in [0, 0.05) is 34.4 Å². The first-order valence-corrected chi connectivity index (χ1v) is 16.5. The third kappa shape index (κ3) is 12.9. The number of guanidine groups is 1. The number of rotatable bonds is 12. The number of alkyl halides is 2. The molecule has 0 fully saturated rings. The molecule has 0 heterocycles. The standard InChI is InChI=1S/C36H43ClF4N4O6/c1-21(16-17-49-45-31(43-32(47)50-34(2,3)4)44-33(48)51-35(5,6)7)18-22(46)19-25-27(37)13-15-29(30(25)39)42-20-36(40,41)26-12-14-28(38)24-11-9-8-10-23(24)26/h8-15,21,42H,16-20H2,1-7H3,(H2,43,44,45,47,48)/t21-/m1/s1. The van der Waals surface area contributed by atoms with Crippen LogP contribution in [-0.2, 0) is 31.4 Å². The Labute approximate surface area is 299 Å². The highest BCUT2D eigenvalue weighted by Gasteiger charge is 2.34. The number of nitrogens with one attached hydrogen (secondary N) is 3. The highest BCUT2D eigenvalue weighted by atomic mass is 35.5. The van der Waals surface area contributed by atoms with Gasteiger partial charge in [-0.3, -0.25) is 15.4 Å². The van der Waals surface area contributed by atoms with Crippen molar-refractivity contribution in [2.24, 2.45) is 11.1 Å². The Morgan fingerprint density at radius 2 is 1.45 bits per heavy atom. The summed E-state index contributed by atoms with van der Waals surface area (Å²) in [5, 5.41) is 10.8. The number of Topliss-reactive ketones (excluding diaryl/α,β-unsaturated/α-hetero) is 1. The van der Waals surface area contributed by atoms with Crippen LogP contribution in [0.25, 0.3) is 10.8 Å². The second kappa shape index (κ2) is 17.1. The number of nitrogens with zero attached hydrogens (tertiary/aromatic N) is 1. The van der Waals surface area contributed by atoms with E-state index in [4.69, 9.17) is 25.9 Å². The summed E-state index contributed by atoms with van der Waals surface area (Å²) in [5.74, 6) is -6.11. The van der Waals surface area contributed by atoms with E-state index >= 15 is 13.2 Å². The summed E-state index contributed by atoms with van der Waals surface area (Å²) < 4.78 is 70.7. The molecule has 0 bridgehead atoms. The Hall–Kier alpha value is -4.59. The van der Waals surface area contributed by atoms with Gasteiger partial charge in [0.15, 0.2) is 5.82 Å². The molecule has 0 saturated carbocycles. The number of carbonyl (C=O) groups excluding carboxylic acids is 3. The average Bonchev–Trinajstić information content (AvgIpc) is 2.99. The normalized spacial score (nSPS) is 12.5. The van der Waals surface area contributed by atoms with Crippen molar-refractivity contribution in [3.63, 3.8) is 0 Å². The number of oxime groups is 1. The van der Waals surface area contributed by atoms with Gasteiger partial charge in [-0.1, -0.05) is 42.8 Å². The maximum absolute atomic E-state index is 15.5. The molecule has 10 nitrogen and oxygen atoms in total. The van der Waals surface area contributed by atoms with Crippen LogP contribution in [0, 0.1) is 17.6 Å². The molecule has 0 aliphatic rings. The molecule has 1 atom stereocenters. The predicted octanol–water partition coefficient (Wildman–Crippen LogP) is 8.84. The quantitative estimate of drug-likeness (QED) is 0.0557. The van der Waals surface area contributed by atoms with Crippen molar-refractivity contribution in [1.29, 1.82) is 0 Å². The fraction of sp³-hybridized carbons (Fsp3) is 0.444. The molecular formula is C36H43ClF4N4O6. The van der Waals surface area contributed by atoms with Crippen LogP contribution in [0.4, 0.5) is 32.8 Å². The fourth-order valence-corrected chi connectivity index (χ4v) is 4.99. The Balaban J connectivity index is 1.59. The van der Waals surface area contributed by atoms with E-state index in [0.29, 0.717) is 6.42 Å². The van der Waals surface area contributed by atoms with E-state index in [1.165, 1.54) is 30.3 Å². The van der Waals surface area contributed by atoms with Crippen LogP contribution in [-0.4, -0.2) is 48.3 Å². The van der Waals surface area contributed by atoms with Gasteiger partial charge in [-0.2, -0.15) is 8.78 Å². The zero-order valence-electron chi connectivity index (χ0n) is 29.5. The van der Waals surface area contributed by atoms with Crippen molar-refractivity contribution in [3.8, 4) is 0 Å². The van der Waals surface area contributed by atoms with E-state index < -0.39 is 59.5 Å². The van der Waals surface area contributed by atoms with E-state index in [0.717, 1.165) is 12.1 Å². The first-order valence-electron chi connectivity index (χ1n) is 16.1. The molecule has 0 aromatic heterocycles. The number of hydrogen-bond donors (Lipinski definition) is 3. The molecule has 51 heavy (non-hydrogen) atoms. The first-order chi connectivity index (χ1) is 23.6. The van der Waals surface area contributed by atoms with Gasteiger partial charge in [-0.15, -0.1) is 0 Å². The Kier molecular flexibility index (Phi) is 13.7. The van der Waals surface area contributed by atoms with Gasteiger partial charge in [-0.25, -0.2) is 18.4 Å². The number of amides is 2. The smallest absolute Gasteiger partial charge is 0.414 e. The molecule has 0 aliphatic carbocycles. The number of carbonyl (C=O) groups is 3. The molecule has 3 aromatic carbocycles. The molecule has 3 rings (SSSR count). The van der Waals surface area contributed by atoms with Crippen molar-refractivity contribution < 1.29 is 46.3 Å². The highest BCUT2D eigenvalue weighted by molar-refractivity contribution is 6.31. The molecule has 3 N–H and O–H groups in total. The van der Waals surface area contributed by atoms with Crippen molar-refractivity contribution in [3.05, 3.63) is 76.3 Å². The zero-order valence-corrected chi connectivity index (χ0v) is 30.3. The molecule has 15 heteroatoms. The van der Waals surface area contributed by atoms with E-state index in [1.807, 2.05) is 0 Å². The Bertz CT molecular complexity index is 1730. The topological polar surface area (TPSA) is 127 Å². The van der Waals surface area contributed by atoms with Gasteiger partial charge < -0.3 is 19.6 Å². The van der Waals surface area contributed by atoms with Crippen molar-refractivity contribution in [2.75, 3.05) is 18.5 Å². The van der Waals surface area contributed by atoms with E-state index in [9.17, 15) is 18.8 Å². The monoisotopic (exact) mass is 738 g/mol. The van der Waals surface area contributed by atoms with E-state index in [1.54, 1.807) is 54.5 Å². The van der Waals surface area contributed by atoms with Crippen molar-refractivity contribution >= 4 is 52.0 Å². The molecular weight excluding hydrogens is 696 g/mol. The third-order valence-electron chi connectivity index (χ3n) is 7.00. The summed E-state index contributed by atoms with van der Waals surface area (Å²) in [4.78, 5) is 42.6. The number of ketones is 1. The summed E-state index contributed by atoms with van der Waals surface area (Å²) >= 11 is 6.21. The molecule has 3 aromatic rings. The van der Waals surface area contributed by atoms with Gasteiger partial charge in [0.1, 0.15) is 29.4 Å². The lowest BCUT2D eigenvalue weighted by Gasteiger charge is -2.21. The van der Waals surface area contributed by atoms with E-state index in [2.05, 4.69) is 21.1 Å². The Morgan fingerprint density at radius 3 is 2.04 bits per heavy atom. The number of fused-ring (bicyclic) bond motifs is 1. The molecule has 0 spiro atoms. The number of alkyl carbamates (subject to hydrolysis) is 2. The summed E-state index contributed by atoms with van der Waals surface area (Å²) in [6.07, 6.45) is -1.91. The van der Waals surface area contributed by atoms with Crippen LogP contribution >= 0.6 is 11.6 Å². The molecule has 0 unspecified atom stereocenters. The van der Waals surface area contributed by atoms with Crippen molar-refractivity contribution in [1.82, 2.24) is 10.6 Å². The van der Waals surface area contributed by atoms with Crippen LogP contribution in [0.15, 0.2) is 53.7 Å². The van der Waals surface area contributed by atoms with Crippen LogP contribution in [0.1, 0.15) is 72.4 Å². The summed E-state index contributed by atoms with van der Waals surface area (Å²) in [5.41, 5.74) is -2.50. The molecule has 278 valence electrons. The minimum atomic E-state index is -3.50. The average molecular weight is 739 g/mol. The predicted molar refractivity (Wildman–Crippen MR) is 187 cm³/mol. The second-order valence-corrected chi connectivity index (χ2v) is 14.3. The number of halogens is 5.